The number of para-hydroxylation sites is 1. The Morgan fingerprint density at radius 2 is 2.03 bits per heavy atom. The standard InChI is InChI=1S/C22H22N4O2S2/c1-2-28-18-10-6-11-19-21(18)24-22(30-19)26(15-14-25-13-7-12-23-25)20(27)16-29-17-8-4-3-5-9-17/h3-13H,2,14-16H2,1H3. The Kier molecular flexibility index (Phi) is 6.66. The fraction of sp³-hybridized carbons (Fsp3) is 0.227. The van der Waals surface area contributed by atoms with Crippen molar-refractivity contribution >= 4 is 44.4 Å². The number of aromatic nitrogens is 3. The van der Waals surface area contributed by atoms with Crippen LogP contribution in [-0.4, -0.2) is 39.6 Å². The Hall–Kier alpha value is -2.84. The molecule has 154 valence electrons. The molecule has 2 aromatic heterocycles. The largest absolute Gasteiger partial charge is 0.492 e. The Morgan fingerprint density at radius 1 is 1.17 bits per heavy atom. The van der Waals surface area contributed by atoms with Gasteiger partial charge in [-0.15, -0.1) is 11.8 Å². The monoisotopic (exact) mass is 438 g/mol. The molecule has 30 heavy (non-hydrogen) atoms. The van der Waals surface area contributed by atoms with Gasteiger partial charge >= 0.3 is 0 Å². The highest BCUT2D eigenvalue weighted by Gasteiger charge is 2.21. The number of fused-ring (bicyclic) bond motifs is 1. The number of carbonyl (C=O) groups is 1. The van der Waals surface area contributed by atoms with Gasteiger partial charge in [0.25, 0.3) is 0 Å². The van der Waals surface area contributed by atoms with Crippen LogP contribution in [0.4, 0.5) is 5.13 Å². The molecule has 6 nitrogen and oxygen atoms in total. The summed E-state index contributed by atoms with van der Waals surface area (Å²) in [4.78, 5) is 20.8. The number of nitrogens with zero attached hydrogens (tertiary/aromatic N) is 4. The molecule has 0 saturated heterocycles. The number of thioether (sulfide) groups is 1. The predicted molar refractivity (Wildman–Crippen MR) is 123 cm³/mol. The van der Waals surface area contributed by atoms with Crippen molar-refractivity contribution in [2.75, 3.05) is 23.8 Å². The van der Waals surface area contributed by atoms with Crippen molar-refractivity contribution in [2.45, 2.75) is 18.4 Å². The third kappa shape index (κ3) is 4.83. The van der Waals surface area contributed by atoms with Gasteiger partial charge in [0.05, 0.1) is 23.6 Å². The number of benzene rings is 2. The van der Waals surface area contributed by atoms with Crippen LogP contribution in [0.25, 0.3) is 10.2 Å². The van der Waals surface area contributed by atoms with E-state index in [1.807, 2.05) is 72.4 Å². The highest BCUT2D eigenvalue weighted by atomic mass is 32.2. The van der Waals surface area contributed by atoms with Crippen LogP contribution >= 0.6 is 23.1 Å². The number of ether oxygens (including phenoxy) is 1. The normalized spacial score (nSPS) is 11.0. The summed E-state index contributed by atoms with van der Waals surface area (Å²) >= 11 is 3.04. The fourth-order valence-corrected chi connectivity index (χ4v) is 4.82. The molecule has 0 spiro atoms. The lowest BCUT2D eigenvalue weighted by Gasteiger charge is -2.19. The molecule has 1 amide bonds. The number of amides is 1. The van der Waals surface area contributed by atoms with Gasteiger partial charge in [0.15, 0.2) is 5.13 Å². The van der Waals surface area contributed by atoms with Gasteiger partial charge in [0, 0.05) is 23.8 Å². The Labute approximate surface area is 183 Å². The van der Waals surface area contributed by atoms with E-state index in [4.69, 9.17) is 9.72 Å². The van der Waals surface area contributed by atoms with Crippen LogP contribution in [0, 0.1) is 0 Å². The minimum Gasteiger partial charge on any atom is -0.492 e. The average molecular weight is 439 g/mol. The molecule has 0 aliphatic heterocycles. The number of hydrogen-bond acceptors (Lipinski definition) is 6. The van der Waals surface area contributed by atoms with Gasteiger partial charge in [-0.2, -0.15) is 5.10 Å². The summed E-state index contributed by atoms with van der Waals surface area (Å²) in [6.45, 7) is 3.62. The molecule has 2 heterocycles. The van der Waals surface area contributed by atoms with E-state index < -0.39 is 0 Å². The quantitative estimate of drug-likeness (QED) is 0.354. The molecule has 0 atom stereocenters. The van der Waals surface area contributed by atoms with Crippen LogP contribution in [0.5, 0.6) is 5.75 Å². The molecular formula is C22H22N4O2S2. The summed E-state index contributed by atoms with van der Waals surface area (Å²) in [5.41, 5.74) is 0.798. The van der Waals surface area contributed by atoms with Crippen molar-refractivity contribution in [3.05, 3.63) is 67.0 Å². The number of carbonyl (C=O) groups excluding carboxylic acids is 1. The van der Waals surface area contributed by atoms with E-state index in [0.29, 0.717) is 30.6 Å². The highest BCUT2D eigenvalue weighted by molar-refractivity contribution is 8.00. The summed E-state index contributed by atoms with van der Waals surface area (Å²) in [5, 5.41) is 4.94. The van der Waals surface area contributed by atoms with Gasteiger partial charge in [-0.25, -0.2) is 4.98 Å². The van der Waals surface area contributed by atoms with E-state index in [2.05, 4.69) is 5.10 Å². The summed E-state index contributed by atoms with van der Waals surface area (Å²) in [7, 11) is 0. The van der Waals surface area contributed by atoms with Crippen molar-refractivity contribution in [3.63, 3.8) is 0 Å². The second kappa shape index (κ2) is 9.77. The molecule has 4 aromatic rings. The van der Waals surface area contributed by atoms with Gasteiger partial charge in [-0.1, -0.05) is 35.6 Å². The molecule has 0 unspecified atom stereocenters. The molecule has 0 fully saturated rings. The van der Waals surface area contributed by atoms with Crippen LogP contribution in [0.3, 0.4) is 0 Å². The van der Waals surface area contributed by atoms with E-state index in [1.54, 1.807) is 11.1 Å². The first-order valence-corrected chi connectivity index (χ1v) is 11.5. The summed E-state index contributed by atoms with van der Waals surface area (Å²) in [6, 6.07) is 17.7. The molecule has 4 rings (SSSR count). The van der Waals surface area contributed by atoms with Crippen molar-refractivity contribution in [1.82, 2.24) is 14.8 Å². The molecule has 0 radical (unpaired) electrons. The Balaban J connectivity index is 1.58. The van der Waals surface area contributed by atoms with Crippen molar-refractivity contribution < 1.29 is 9.53 Å². The number of hydrogen-bond donors (Lipinski definition) is 0. The average Bonchev–Trinajstić information content (AvgIpc) is 3.44. The van der Waals surface area contributed by atoms with Crippen LogP contribution in [0.2, 0.25) is 0 Å². The predicted octanol–water partition coefficient (Wildman–Crippen LogP) is 4.72. The first kappa shape index (κ1) is 20.4. The fourth-order valence-electron chi connectivity index (χ4n) is 3.00. The second-order valence-corrected chi connectivity index (χ2v) is 8.51. The third-order valence-electron chi connectivity index (χ3n) is 4.42. The zero-order chi connectivity index (χ0) is 20.8. The molecule has 0 aliphatic rings. The third-order valence-corrected chi connectivity index (χ3v) is 6.46. The van der Waals surface area contributed by atoms with Crippen LogP contribution in [0.15, 0.2) is 71.9 Å². The first-order chi connectivity index (χ1) is 14.7. The molecule has 0 saturated carbocycles. The Morgan fingerprint density at radius 3 is 2.80 bits per heavy atom. The Bertz CT molecular complexity index is 1100. The summed E-state index contributed by atoms with van der Waals surface area (Å²) in [6.07, 6.45) is 3.64. The molecular weight excluding hydrogens is 416 g/mol. The minimum atomic E-state index is 0.0213. The van der Waals surface area contributed by atoms with E-state index in [0.717, 1.165) is 20.9 Å². The van der Waals surface area contributed by atoms with Crippen molar-refractivity contribution in [3.8, 4) is 5.75 Å². The smallest absolute Gasteiger partial charge is 0.239 e. The lowest BCUT2D eigenvalue weighted by atomic mass is 10.3. The van der Waals surface area contributed by atoms with Crippen molar-refractivity contribution in [1.29, 1.82) is 0 Å². The summed E-state index contributed by atoms with van der Waals surface area (Å²) < 4.78 is 8.55. The number of rotatable bonds is 9. The molecule has 8 heteroatoms. The minimum absolute atomic E-state index is 0.0213. The van der Waals surface area contributed by atoms with Gasteiger partial charge in [-0.05, 0) is 37.3 Å². The highest BCUT2D eigenvalue weighted by Crippen LogP contribution is 2.34. The van der Waals surface area contributed by atoms with Gasteiger partial charge in [-0.3, -0.25) is 14.4 Å². The lowest BCUT2D eigenvalue weighted by molar-refractivity contribution is -0.116. The van der Waals surface area contributed by atoms with E-state index in [1.165, 1.54) is 23.1 Å². The van der Waals surface area contributed by atoms with E-state index >= 15 is 0 Å². The summed E-state index contributed by atoms with van der Waals surface area (Å²) in [5.74, 6) is 1.11. The topological polar surface area (TPSA) is 60.2 Å². The zero-order valence-electron chi connectivity index (χ0n) is 16.6. The van der Waals surface area contributed by atoms with E-state index in [9.17, 15) is 4.79 Å². The first-order valence-electron chi connectivity index (χ1n) is 9.72. The second-order valence-electron chi connectivity index (χ2n) is 6.45. The van der Waals surface area contributed by atoms with Gasteiger partial charge in [0.1, 0.15) is 11.3 Å². The van der Waals surface area contributed by atoms with Crippen LogP contribution in [0.1, 0.15) is 6.92 Å². The number of anilines is 1. The van der Waals surface area contributed by atoms with Crippen LogP contribution in [-0.2, 0) is 11.3 Å². The van der Waals surface area contributed by atoms with Crippen molar-refractivity contribution in [2.24, 2.45) is 0 Å². The lowest BCUT2D eigenvalue weighted by Crippen LogP contribution is -2.35. The number of thiazole rings is 1. The molecule has 0 bridgehead atoms. The molecule has 0 N–H and O–H groups in total. The maximum atomic E-state index is 13.2. The van der Waals surface area contributed by atoms with Gasteiger partial charge < -0.3 is 4.74 Å². The molecule has 0 aliphatic carbocycles. The molecule has 2 aromatic carbocycles. The maximum absolute atomic E-state index is 13.2. The van der Waals surface area contributed by atoms with Crippen LogP contribution < -0.4 is 9.64 Å². The van der Waals surface area contributed by atoms with Gasteiger partial charge in [0.2, 0.25) is 5.91 Å². The maximum Gasteiger partial charge on any atom is 0.239 e. The van der Waals surface area contributed by atoms with E-state index in [-0.39, 0.29) is 5.91 Å². The zero-order valence-corrected chi connectivity index (χ0v) is 18.2. The SMILES string of the molecule is CCOc1cccc2sc(N(CCn3cccn3)C(=O)CSc3ccccc3)nc12.